The molecule has 0 N–H and O–H groups in total. The summed E-state index contributed by atoms with van der Waals surface area (Å²) in [5.41, 5.74) is 15.9. The van der Waals surface area contributed by atoms with Crippen molar-refractivity contribution in [1.82, 2.24) is 19.5 Å². The van der Waals surface area contributed by atoms with Gasteiger partial charge in [-0.1, -0.05) is 157 Å². The number of para-hydroxylation sites is 1. The lowest BCUT2D eigenvalue weighted by molar-refractivity contribution is 0.669. The van der Waals surface area contributed by atoms with Crippen molar-refractivity contribution in [3.8, 4) is 73.9 Å². The molecule has 12 rings (SSSR count). The summed E-state index contributed by atoms with van der Waals surface area (Å²) in [5, 5.41) is 3.38. The molecule has 2 aliphatic rings. The molecule has 0 saturated carbocycles. The molecule has 7 aromatic carbocycles. The fourth-order valence-corrected chi connectivity index (χ4v) is 9.25. The third-order valence-corrected chi connectivity index (χ3v) is 12.2. The van der Waals surface area contributed by atoms with E-state index < -0.39 is 0 Å². The van der Waals surface area contributed by atoms with E-state index in [2.05, 4.69) is 162 Å². The molecule has 0 spiro atoms. The fourth-order valence-electron chi connectivity index (χ4n) is 9.25. The van der Waals surface area contributed by atoms with E-state index in [4.69, 9.17) is 19.4 Å². The smallest absolute Gasteiger partial charge is 0.164 e. The number of furan rings is 1. The maximum atomic E-state index is 6.35. The minimum Gasteiger partial charge on any atom is -0.456 e. The monoisotopic (exact) mass is 806 g/mol. The number of rotatable bonds is 7. The van der Waals surface area contributed by atoms with Crippen LogP contribution >= 0.6 is 0 Å². The van der Waals surface area contributed by atoms with Gasteiger partial charge in [-0.25, -0.2) is 15.0 Å². The molecule has 0 unspecified atom stereocenters. The molecule has 0 atom stereocenters. The zero-order valence-electron chi connectivity index (χ0n) is 34.3. The lowest BCUT2D eigenvalue weighted by Gasteiger charge is -2.23. The lowest BCUT2D eigenvalue weighted by Crippen LogP contribution is -2.09. The summed E-state index contributed by atoms with van der Waals surface area (Å²) in [6.07, 6.45) is 13.3. The number of allylic oxidation sites excluding steroid dienone is 5. The molecule has 0 bridgehead atoms. The van der Waals surface area contributed by atoms with Crippen LogP contribution in [0.5, 0.6) is 0 Å². The van der Waals surface area contributed by atoms with E-state index in [1.165, 1.54) is 33.3 Å². The Morgan fingerprint density at radius 1 is 0.524 bits per heavy atom. The number of nitrogens with zero attached hydrogens (tertiary/aromatic N) is 4. The highest BCUT2D eigenvalue weighted by Crippen LogP contribution is 2.44. The first kappa shape index (κ1) is 36.5. The van der Waals surface area contributed by atoms with Crippen LogP contribution in [-0.4, -0.2) is 19.5 Å². The van der Waals surface area contributed by atoms with Crippen LogP contribution in [0.15, 0.2) is 193 Å². The molecule has 0 amide bonds. The van der Waals surface area contributed by atoms with Crippen LogP contribution < -0.4 is 0 Å². The van der Waals surface area contributed by atoms with E-state index in [1.807, 2.05) is 48.5 Å². The summed E-state index contributed by atoms with van der Waals surface area (Å²) in [4.78, 5) is 15.7. The Balaban J connectivity index is 1.13. The molecule has 5 heteroatoms. The number of aromatic nitrogens is 4. The van der Waals surface area contributed by atoms with Crippen LogP contribution in [0.1, 0.15) is 29.7 Å². The lowest BCUT2D eigenvalue weighted by atomic mass is 9.91. The maximum Gasteiger partial charge on any atom is 0.164 e. The van der Waals surface area contributed by atoms with Crippen molar-refractivity contribution in [3.05, 3.63) is 205 Å². The predicted octanol–water partition coefficient (Wildman–Crippen LogP) is 14.4. The summed E-state index contributed by atoms with van der Waals surface area (Å²) in [7, 11) is 0. The maximum absolute atomic E-state index is 6.35. The van der Waals surface area contributed by atoms with Gasteiger partial charge in [0.25, 0.3) is 0 Å². The minimum atomic E-state index is 0.571. The molecule has 5 nitrogen and oxygen atoms in total. The Hall–Kier alpha value is -8.33. The molecule has 0 aliphatic heterocycles. The summed E-state index contributed by atoms with van der Waals surface area (Å²) < 4.78 is 8.88. The SMILES string of the molecule is C1#CCC(c2cc(-c3nc(-c4ccccc4)nc(-c4ccc5c(c4)oc4ccccc45)n3)cc(-c3ccccc3)c2-n2c3c(c4cc(-c5ccccc5)ccc42)C=CCC3)=CC=C1. The van der Waals surface area contributed by atoms with E-state index in [9.17, 15) is 0 Å². The third kappa shape index (κ3) is 6.48. The van der Waals surface area contributed by atoms with Crippen molar-refractivity contribution in [3.63, 3.8) is 0 Å². The van der Waals surface area contributed by atoms with Crippen LogP contribution in [0.3, 0.4) is 0 Å². The standard InChI is InChI=1S/C58H38N4O/c1-2-7-21-39(20-6-1)48-35-44(58-60-56(41-24-12-5-13-25-41)59-57(61-58)43-30-32-47-46-27-15-17-29-53(46)63-54(47)37-43)36-49(40-22-10-4-11-23-40)55(48)62-51-28-16-14-26-45(51)50-34-42(31-33-52(50)62)38-18-8-3-9-19-38/h1,3-6,8-15,17-20,22-27,29-37H,16,21,28H2. The summed E-state index contributed by atoms with van der Waals surface area (Å²) in [5.74, 6) is 8.40. The second kappa shape index (κ2) is 15.3. The van der Waals surface area contributed by atoms with Gasteiger partial charge in [0, 0.05) is 61.7 Å². The first-order valence-electron chi connectivity index (χ1n) is 21.4. The minimum absolute atomic E-state index is 0.571. The molecule has 0 radical (unpaired) electrons. The molecule has 10 aromatic rings. The normalized spacial score (nSPS) is 13.2. The summed E-state index contributed by atoms with van der Waals surface area (Å²) in [6, 6.07) is 57.4. The zero-order valence-corrected chi connectivity index (χ0v) is 34.3. The predicted molar refractivity (Wildman–Crippen MR) is 258 cm³/mol. The molecular formula is C58H38N4O. The van der Waals surface area contributed by atoms with E-state index >= 15 is 0 Å². The van der Waals surface area contributed by atoms with Gasteiger partial charge < -0.3 is 8.98 Å². The molecule has 296 valence electrons. The van der Waals surface area contributed by atoms with Crippen LogP contribution in [0, 0.1) is 11.8 Å². The van der Waals surface area contributed by atoms with E-state index in [0.29, 0.717) is 23.9 Å². The van der Waals surface area contributed by atoms with Crippen molar-refractivity contribution < 1.29 is 4.42 Å². The van der Waals surface area contributed by atoms with Crippen molar-refractivity contribution in [1.29, 1.82) is 0 Å². The largest absolute Gasteiger partial charge is 0.456 e. The average Bonchev–Trinajstić information content (AvgIpc) is 3.75. The quantitative estimate of drug-likeness (QED) is 0.151. The van der Waals surface area contributed by atoms with Crippen molar-refractivity contribution in [2.45, 2.75) is 19.3 Å². The second-order valence-corrected chi connectivity index (χ2v) is 16.1. The number of fused-ring (bicyclic) bond motifs is 6. The van der Waals surface area contributed by atoms with Gasteiger partial charge in [-0.05, 0) is 83.6 Å². The summed E-state index contributed by atoms with van der Waals surface area (Å²) >= 11 is 0. The van der Waals surface area contributed by atoms with Crippen LogP contribution in [0.2, 0.25) is 0 Å². The molecule has 0 saturated heterocycles. The van der Waals surface area contributed by atoms with Gasteiger partial charge in [0.1, 0.15) is 11.2 Å². The van der Waals surface area contributed by atoms with Crippen LogP contribution in [0.4, 0.5) is 0 Å². The van der Waals surface area contributed by atoms with Crippen LogP contribution in [0.25, 0.3) is 107 Å². The Morgan fingerprint density at radius 2 is 1.19 bits per heavy atom. The highest BCUT2D eigenvalue weighted by molar-refractivity contribution is 6.06. The van der Waals surface area contributed by atoms with Gasteiger partial charge in [0.05, 0.1) is 11.2 Å². The topological polar surface area (TPSA) is 56.7 Å². The molecule has 3 heterocycles. The van der Waals surface area contributed by atoms with E-state index in [-0.39, 0.29) is 0 Å². The third-order valence-electron chi connectivity index (χ3n) is 12.2. The Bertz CT molecular complexity index is 3580. The van der Waals surface area contributed by atoms with Crippen LogP contribution in [-0.2, 0) is 6.42 Å². The van der Waals surface area contributed by atoms with E-state index in [1.54, 1.807) is 0 Å². The number of hydrogen-bond donors (Lipinski definition) is 0. The molecule has 63 heavy (non-hydrogen) atoms. The van der Waals surface area contributed by atoms with Gasteiger partial charge >= 0.3 is 0 Å². The molecular weight excluding hydrogens is 769 g/mol. The first-order valence-corrected chi connectivity index (χ1v) is 21.4. The number of hydrogen-bond acceptors (Lipinski definition) is 4. The first-order chi connectivity index (χ1) is 31.2. The van der Waals surface area contributed by atoms with Crippen molar-refractivity contribution in [2.75, 3.05) is 0 Å². The molecule has 3 aromatic heterocycles. The highest BCUT2D eigenvalue weighted by Gasteiger charge is 2.26. The zero-order chi connectivity index (χ0) is 41.7. The summed E-state index contributed by atoms with van der Waals surface area (Å²) in [6.45, 7) is 0. The van der Waals surface area contributed by atoms with Crippen molar-refractivity contribution >= 4 is 44.5 Å². The van der Waals surface area contributed by atoms with E-state index in [0.717, 1.165) is 79.4 Å². The second-order valence-electron chi connectivity index (χ2n) is 16.1. The van der Waals surface area contributed by atoms with Crippen molar-refractivity contribution in [2.24, 2.45) is 0 Å². The molecule has 2 aliphatic carbocycles. The Kier molecular flexibility index (Phi) is 8.86. The Morgan fingerprint density at radius 3 is 2.00 bits per heavy atom. The van der Waals surface area contributed by atoms with Gasteiger partial charge in [0.2, 0.25) is 0 Å². The van der Waals surface area contributed by atoms with Gasteiger partial charge in [-0.3, -0.25) is 0 Å². The molecule has 0 fully saturated rings. The average molecular weight is 807 g/mol. The number of benzene rings is 7. The van der Waals surface area contributed by atoms with Gasteiger partial charge in [-0.15, -0.1) is 0 Å². The Labute approximate surface area is 365 Å². The highest BCUT2D eigenvalue weighted by atomic mass is 16.3. The van der Waals surface area contributed by atoms with Gasteiger partial charge in [-0.2, -0.15) is 0 Å². The van der Waals surface area contributed by atoms with Gasteiger partial charge in [0.15, 0.2) is 17.5 Å². The fraction of sp³-hybridized carbons (Fsp3) is 0.0517.